The molecule has 1 aliphatic rings. The highest BCUT2D eigenvalue weighted by Gasteiger charge is 2.39. The molecule has 4 aromatic rings. The van der Waals surface area contributed by atoms with Gasteiger partial charge in [-0.05, 0) is 46.5 Å². The van der Waals surface area contributed by atoms with Crippen LogP contribution in [0.25, 0.3) is 22.2 Å². The highest BCUT2D eigenvalue weighted by Crippen LogP contribution is 2.39. The van der Waals surface area contributed by atoms with Crippen LogP contribution < -0.4 is 10.1 Å². The van der Waals surface area contributed by atoms with Gasteiger partial charge in [-0.3, -0.25) is 14.0 Å². The van der Waals surface area contributed by atoms with E-state index in [0.29, 0.717) is 43.7 Å². The van der Waals surface area contributed by atoms with E-state index >= 15 is 0 Å². The topological polar surface area (TPSA) is 128 Å². The summed E-state index contributed by atoms with van der Waals surface area (Å²) in [7, 11) is 1.44. The molecule has 11 nitrogen and oxygen atoms in total. The SMILES string of the molecule is CCNc1cc2c(cn1)c(-c1cnn(C[C@@H](O)C(C)(C)O)c1)nn2[C@H]1CC[C@@H](Oc2cn(C)nc2C(F)(F)F)CC1. The fourth-order valence-corrected chi connectivity index (χ4v) is 5.12. The first-order valence-corrected chi connectivity index (χ1v) is 13.7. The molecule has 1 saturated carbocycles. The summed E-state index contributed by atoms with van der Waals surface area (Å²) in [6.07, 6.45) is 2.96. The van der Waals surface area contributed by atoms with Gasteiger partial charge in [-0.25, -0.2) is 4.98 Å². The van der Waals surface area contributed by atoms with Crippen molar-refractivity contribution in [1.29, 1.82) is 0 Å². The van der Waals surface area contributed by atoms with Gasteiger partial charge in [-0.1, -0.05) is 0 Å². The van der Waals surface area contributed by atoms with Crippen molar-refractivity contribution in [3.8, 4) is 17.0 Å². The Morgan fingerprint density at radius 2 is 1.85 bits per heavy atom. The number of nitrogens with zero attached hydrogens (tertiary/aromatic N) is 7. The molecule has 0 amide bonds. The van der Waals surface area contributed by atoms with Crippen molar-refractivity contribution in [3.63, 3.8) is 0 Å². The molecule has 14 heteroatoms. The number of aliphatic hydroxyl groups is 2. The highest BCUT2D eigenvalue weighted by atomic mass is 19.4. The second-order valence-electron chi connectivity index (χ2n) is 11.1. The van der Waals surface area contributed by atoms with Crippen molar-refractivity contribution >= 4 is 16.7 Å². The highest BCUT2D eigenvalue weighted by molar-refractivity contribution is 5.93. The number of ether oxygens (including phenoxy) is 1. The van der Waals surface area contributed by atoms with Crippen LogP contribution in [0, 0.1) is 0 Å². The molecular weight excluding hydrogens is 541 g/mol. The molecule has 1 atom stereocenters. The normalized spacial score (nSPS) is 19.0. The smallest absolute Gasteiger partial charge is 0.438 e. The molecule has 0 unspecified atom stereocenters. The Hall–Kier alpha value is -3.65. The van der Waals surface area contributed by atoms with Crippen LogP contribution in [-0.2, 0) is 19.8 Å². The zero-order chi connectivity index (χ0) is 29.5. The summed E-state index contributed by atoms with van der Waals surface area (Å²) < 4.78 is 50.6. The number of hydrogen-bond acceptors (Lipinski definition) is 8. The Morgan fingerprint density at radius 3 is 2.51 bits per heavy atom. The monoisotopic (exact) mass is 576 g/mol. The van der Waals surface area contributed by atoms with E-state index in [1.807, 2.05) is 17.7 Å². The first-order chi connectivity index (χ1) is 19.3. The van der Waals surface area contributed by atoms with Crippen LogP contribution in [0.4, 0.5) is 19.0 Å². The van der Waals surface area contributed by atoms with Crippen LogP contribution in [0.15, 0.2) is 30.9 Å². The second kappa shape index (κ2) is 11.0. The number of nitrogens with one attached hydrogen (secondary N) is 1. The van der Waals surface area contributed by atoms with E-state index in [1.165, 1.54) is 27.1 Å². The number of fused-ring (bicyclic) bond motifs is 1. The van der Waals surface area contributed by atoms with Crippen molar-refractivity contribution in [1.82, 2.24) is 34.3 Å². The number of aromatic nitrogens is 7. The molecule has 0 aromatic carbocycles. The van der Waals surface area contributed by atoms with Gasteiger partial charge in [0.1, 0.15) is 17.6 Å². The lowest BCUT2D eigenvalue weighted by Gasteiger charge is -2.29. The number of aryl methyl sites for hydroxylation is 1. The third kappa shape index (κ3) is 6.17. The van der Waals surface area contributed by atoms with Gasteiger partial charge in [0.05, 0.1) is 42.2 Å². The molecule has 0 spiro atoms. The Balaban J connectivity index is 1.39. The molecule has 41 heavy (non-hydrogen) atoms. The minimum Gasteiger partial charge on any atom is -0.486 e. The van der Waals surface area contributed by atoms with E-state index in [0.717, 1.165) is 21.1 Å². The average Bonchev–Trinajstić information content (AvgIpc) is 3.61. The number of anilines is 1. The molecular formula is C27H35F3N8O3. The maximum Gasteiger partial charge on any atom is 0.438 e. The summed E-state index contributed by atoms with van der Waals surface area (Å²) in [5.74, 6) is 0.466. The molecule has 222 valence electrons. The number of pyridine rings is 1. The molecule has 1 aliphatic carbocycles. The van der Waals surface area contributed by atoms with Crippen molar-refractivity contribution in [2.75, 3.05) is 11.9 Å². The molecule has 0 aliphatic heterocycles. The second-order valence-corrected chi connectivity index (χ2v) is 11.1. The molecule has 0 radical (unpaired) electrons. The van der Waals surface area contributed by atoms with E-state index in [9.17, 15) is 23.4 Å². The van der Waals surface area contributed by atoms with Gasteiger partial charge in [0.2, 0.25) is 5.69 Å². The fraction of sp³-hybridized carbons (Fsp3) is 0.556. The standard InChI is InChI=1S/C27H35F3N8O3/c1-5-31-23-10-20-19(12-32-23)24(16-11-33-37(13-16)15-22(39)26(2,3)40)34-38(20)17-6-8-18(9-7-17)41-21-14-36(4)35-25(21)27(28,29)30/h10-14,17-18,22,39-40H,5-9,15H2,1-4H3,(H,31,32)/t17-,18+,22-/m1/s1. The zero-order valence-corrected chi connectivity index (χ0v) is 23.4. The minimum absolute atomic E-state index is 0.00557. The zero-order valence-electron chi connectivity index (χ0n) is 23.4. The number of halogens is 3. The number of aliphatic hydroxyl groups excluding tert-OH is 1. The minimum atomic E-state index is -4.59. The summed E-state index contributed by atoms with van der Waals surface area (Å²) in [5, 5.41) is 37.3. The molecule has 4 aromatic heterocycles. The molecule has 0 bridgehead atoms. The van der Waals surface area contributed by atoms with E-state index in [2.05, 4.69) is 20.5 Å². The number of alkyl halides is 3. The van der Waals surface area contributed by atoms with Crippen molar-refractivity contribution in [3.05, 3.63) is 36.5 Å². The van der Waals surface area contributed by atoms with Gasteiger partial charge >= 0.3 is 6.18 Å². The van der Waals surface area contributed by atoms with E-state index in [1.54, 1.807) is 23.3 Å². The van der Waals surface area contributed by atoms with Gasteiger partial charge < -0.3 is 20.3 Å². The van der Waals surface area contributed by atoms with Crippen LogP contribution in [0.1, 0.15) is 58.2 Å². The molecule has 1 fully saturated rings. The summed E-state index contributed by atoms with van der Waals surface area (Å²) in [5.41, 5.74) is 0.0159. The Kier molecular flexibility index (Phi) is 7.72. The third-order valence-electron chi connectivity index (χ3n) is 7.38. The lowest BCUT2D eigenvalue weighted by molar-refractivity contribution is -0.143. The fourth-order valence-electron chi connectivity index (χ4n) is 5.12. The predicted molar refractivity (Wildman–Crippen MR) is 145 cm³/mol. The first-order valence-electron chi connectivity index (χ1n) is 13.7. The van der Waals surface area contributed by atoms with Gasteiger partial charge in [0, 0.05) is 43.0 Å². The van der Waals surface area contributed by atoms with Gasteiger partial charge in [-0.15, -0.1) is 0 Å². The van der Waals surface area contributed by atoms with Crippen molar-refractivity contribution in [2.24, 2.45) is 7.05 Å². The Morgan fingerprint density at radius 1 is 1.12 bits per heavy atom. The van der Waals surface area contributed by atoms with Gasteiger partial charge in [0.25, 0.3) is 0 Å². The average molecular weight is 577 g/mol. The van der Waals surface area contributed by atoms with Gasteiger partial charge in [0.15, 0.2) is 5.75 Å². The molecule has 0 saturated heterocycles. The molecule has 5 rings (SSSR count). The largest absolute Gasteiger partial charge is 0.486 e. The Bertz CT molecular complexity index is 1500. The predicted octanol–water partition coefficient (Wildman–Crippen LogP) is 4.17. The lowest BCUT2D eigenvalue weighted by atomic mass is 9.93. The first kappa shape index (κ1) is 28.9. The Labute approximate surface area is 234 Å². The molecule has 4 heterocycles. The van der Waals surface area contributed by atoms with Crippen molar-refractivity contribution < 1.29 is 28.1 Å². The number of rotatable bonds is 9. The van der Waals surface area contributed by atoms with E-state index < -0.39 is 23.6 Å². The van der Waals surface area contributed by atoms with E-state index in [-0.39, 0.29) is 24.4 Å². The van der Waals surface area contributed by atoms with Crippen LogP contribution >= 0.6 is 0 Å². The van der Waals surface area contributed by atoms with Crippen LogP contribution in [0.3, 0.4) is 0 Å². The quantitative estimate of drug-likeness (QED) is 0.271. The van der Waals surface area contributed by atoms with Crippen LogP contribution in [0.2, 0.25) is 0 Å². The van der Waals surface area contributed by atoms with Crippen LogP contribution in [0.5, 0.6) is 5.75 Å². The van der Waals surface area contributed by atoms with Gasteiger partial charge in [-0.2, -0.15) is 28.5 Å². The summed E-state index contributed by atoms with van der Waals surface area (Å²) in [6, 6.07) is 1.96. The molecule has 3 N–H and O–H groups in total. The number of hydrogen-bond donors (Lipinski definition) is 3. The summed E-state index contributed by atoms with van der Waals surface area (Å²) >= 11 is 0. The van der Waals surface area contributed by atoms with Crippen molar-refractivity contribution in [2.45, 2.75) is 83.0 Å². The maximum atomic E-state index is 13.4. The summed E-state index contributed by atoms with van der Waals surface area (Å²) in [4.78, 5) is 4.53. The summed E-state index contributed by atoms with van der Waals surface area (Å²) in [6.45, 7) is 5.88. The van der Waals surface area contributed by atoms with Crippen LogP contribution in [-0.4, -0.2) is 68.9 Å². The van der Waals surface area contributed by atoms with E-state index in [4.69, 9.17) is 9.84 Å². The maximum absolute atomic E-state index is 13.4. The lowest BCUT2D eigenvalue weighted by Crippen LogP contribution is -2.39. The third-order valence-corrected chi connectivity index (χ3v) is 7.38.